The van der Waals surface area contributed by atoms with Crippen LogP contribution in [0.5, 0.6) is 0 Å². The van der Waals surface area contributed by atoms with E-state index in [1.54, 1.807) is 12.1 Å². The van der Waals surface area contributed by atoms with Gasteiger partial charge in [-0.25, -0.2) is 4.39 Å². The summed E-state index contributed by atoms with van der Waals surface area (Å²) in [4.78, 5) is 18.1. The van der Waals surface area contributed by atoms with Gasteiger partial charge in [0.15, 0.2) is 5.78 Å². The molecule has 3 nitrogen and oxygen atoms in total. The number of nitrogens with zero attached hydrogens (tertiary/aromatic N) is 1. The molecule has 0 amide bonds. The summed E-state index contributed by atoms with van der Waals surface area (Å²) in [6, 6.07) is 14.4. The minimum Gasteiger partial charge on any atom is -0.361 e. The molecule has 152 valence electrons. The van der Waals surface area contributed by atoms with Crippen LogP contribution in [0, 0.1) is 11.7 Å². The number of aromatic amines is 1. The first-order chi connectivity index (χ1) is 14.2. The molecule has 0 bridgehead atoms. The molecule has 1 N–H and O–H groups in total. The lowest BCUT2D eigenvalue weighted by Crippen LogP contribution is -2.34. The number of hydrogen-bond donors (Lipinski definition) is 1. The molecule has 1 saturated heterocycles. The largest absolute Gasteiger partial charge is 0.361 e. The highest BCUT2D eigenvalue weighted by molar-refractivity contribution is 5.95. The van der Waals surface area contributed by atoms with Crippen LogP contribution in [0.15, 0.2) is 54.7 Å². The number of nitrogens with one attached hydrogen (secondary N) is 1. The average Bonchev–Trinajstić information content (AvgIpc) is 3.17. The van der Waals surface area contributed by atoms with Gasteiger partial charge in [0.25, 0.3) is 0 Å². The maximum atomic E-state index is 13.0. The molecule has 0 saturated carbocycles. The highest BCUT2D eigenvalue weighted by Crippen LogP contribution is 2.25. The van der Waals surface area contributed by atoms with E-state index in [9.17, 15) is 9.18 Å². The zero-order chi connectivity index (χ0) is 20.1. The van der Waals surface area contributed by atoms with E-state index in [1.165, 1.54) is 47.9 Å². The zero-order valence-electron chi connectivity index (χ0n) is 16.9. The van der Waals surface area contributed by atoms with Gasteiger partial charge >= 0.3 is 0 Å². The van der Waals surface area contributed by atoms with Gasteiger partial charge in [0.05, 0.1) is 0 Å². The van der Waals surface area contributed by atoms with E-state index in [0.717, 1.165) is 38.4 Å². The van der Waals surface area contributed by atoms with Crippen molar-refractivity contribution in [3.63, 3.8) is 0 Å². The van der Waals surface area contributed by atoms with Crippen LogP contribution in [-0.2, 0) is 6.42 Å². The summed E-state index contributed by atoms with van der Waals surface area (Å²) in [7, 11) is 0. The van der Waals surface area contributed by atoms with E-state index in [4.69, 9.17) is 0 Å². The maximum Gasteiger partial charge on any atom is 0.162 e. The lowest BCUT2D eigenvalue weighted by Gasteiger charge is -2.32. The van der Waals surface area contributed by atoms with E-state index in [0.29, 0.717) is 12.0 Å². The van der Waals surface area contributed by atoms with Crippen LogP contribution in [0.2, 0.25) is 0 Å². The Hall–Kier alpha value is -2.46. The molecule has 2 aromatic carbocycles. The average molecular weight is 393 g/mol. The number of rotatable bonds is 8. The second-order valence-electron chi connectivity index (χ2n) is 8.22. The Kier molecular flexibility index (Phi) is 6.40. The summed E-state index contributed by atoms with van der Waals surface area (Å²) in [5.41, 5.74) is 3.28. The van der Waals surface area contributed by atoms with Crippen LogP contribution in [0.3, 0.4) is 0 Å². The van der Waals surface area contributed by atoms with Gasteiger partial charge in [-0.3, -0.25) is 4.79 Å². The molecule has 0 aliphatic carbocycles. The Labute approximate surface area is 171 Å². The van der Waals surface area contributed by atoms with Gasteiger partial charge in [-0.2, -0.15) is 0 Å². The predicted octanol–water partition coefficient (Wildman–Crippen LogP) is 5.61. The molecular weight excluding hydrogens is 363 g/mol. The zero-order valence-corrected chi connectivity index (χ0v) is 16.9. The van der Waals surface area contributed by atoms with Crippen molar-refractivity contribution in [3.8, 4) is 0 Å². The number of Topliss-reactive ketones (excluding diaryl/α,β-unsaturated/α-hetero) is 1. The fraction of sp³-hybridized carbons (Fsp3) is 0.400. The van der Waals surface area contributed by atoms with Gasteiger partial charge in [-0.15, -0.1) is 0 Å². The molecule has 4 rings (SSSR count). The Morgan fingerprint density at radius 2 is 1.83 bits per heavy atom. The Bertz CT molecular complexity index is 939. The minimum absolute atomic E-state index is 0.110. The van der Waals surface area contributed by atoms with Crippen molar-refractivity contribution < 1.29 is 9.18 Å². The fourth-order valence-electron chi connectivity index (χ4n) is 4.44. The van der Waals surface area contributed by atoms with Crippen LogP contribution in [0.25, 0.3) is 10.9 Å². The van der Waals surface area contributed by atoms with E-state index < -0.39 is 0 Å². The van der Waals surface area contributed by atoms with E-state index in [-0.39, 0.29) is 11.6 Å². The number of fused-ring (bicyclic) bond motifs is 1. The number of carbonyl (C=O) groups is 1. The Morgan fingerprint density at radius 3 is 2.62 bits per heavy atom. The number of hydrogen-bond acceptors (Lipinski definition) is 2. The topological polar surface area (TPSA) is 36.1 Å². The number of benzene rings is 2. The van der Waals surface area contributed by atoms with E-state index in [1.807, 2.05) is 0 Å². The molecule has 3 aromatic rings. The quantitative estimate of drug-likeness (QED) is 0.506. The number of likely N-dealkylation sites (tertiary alicyclic amines) is 1. The first-order valence-electron chi connectivity index (χ1n) is 10.7. The third-order valence-electron chi connectivity index (χ3n) is 6.25. The van der Waals surface area contributed by atoms with Crippen molar-refractivity contribution in [2.24, 2.45) is 5.92 Å². The molecule has 29 heavy (non-hydrogen) atoms. The first kappa shape index (κ1) is 19.8. The minimum atomic E-state index is -0.297. The molecule has 0 atom stereocenters. The fourth-order valence-corrected chi connectivity index (χ4v) is 4.44. The molecule has 1 aliphatic rings. The lowest BCUT2D eigenvalue weighted by atomic mass is 9.90. The monoisotopic (exact) mass is 392 g/mol. The van der Waals surface area contributed by atoms with Crippen molar-refractivity contribution in [2.45, 2.75) is 38.5 Å². The summed E-state index contributed by atoms with van der Waals surface area (Å²) in [5.74, 6) is 0.605. The smallest absolute Gasteiger partial charge is 0.162 e. The molecule has 0 unspecified atom stereocenters. The second kappa shape index (κ2) is 9.36. The van der Waals surface area contributed by atoms with Crippen molar-refractivity contribution in [2.75, 3.05) is 19.6 Å². The van der Waals surface area contributed by atoms with E-state index >= 15 is 0 Å². The molecule has 1 aromatic heterocycles. The third kappa shape index (κ3) is 5.13. The van der Waals surface area contributed by atoms with Crippen LogP contribution < -0.4 is 0 Å². The predicted molar refractivity (Wildman–Crippen MR) is 116 cm³/mol. The lowest BCUT2D eigenvalue weighted by molar-refractivity contribution is 0.0970. The SMILES string of the molecule is O=C(CCCN1CCC(CCc2c[nH]c3ccccc23)CC1)c1ccc(F)cc1. The molecule has 1 fully saturated rings. The standard InChI is InChI=1S/C25H29FN2O/c26-22-11-9-20(10-12-22)25(29)6-3-15-28-16-13-19(14-17-28)7-8-21-18-27-24-5-2-1-4-23(21)24/h1-2,4-5,9-12,18-19,27H,3,6-8,13-17H2. The maximum absolute atomic E-state index is 13.0. The van der Waals surface area contributed by atoms with Gasteiger partial charge in [0.2, 0.25) is 0 Å². The van der Waals surface area contributed by atoms with Gasteiger partial charge < -0.3 is 9.88 Å². The number of piperidine rings is 1. The van der Waals surface area contributed by atoms with Crippen molar-refractivity contribution in [1.29, 1.82) is 0 Å². The molecule has 2 heterocycles. The summed E-state index contributed by atoms with van der Waals surface area (Å²) in [6.07, 6.45) is 8.45. The van der Waals surface area contributed by atoms with Crippen LogP contribution in [0.4, 0.5) is 4.39 Å². The highest BCUT2D eigenvalue weighted by atomic mass is 19.1. The molecular formula is C25H29FN2O. The number of aromatic nitrogens is 1. The summed E-state index contributed by atoms with van der Waals surface area (Å²) in [5, 5.41) is 1.36. The molecule has 4 heteroatoms. The summed E-state index contributed by atoms with van der Waals surface area (Å²) < 4.78 is 13.0. The Balaban J connectivity index is 1.16. The third-order valence-corrected chi connectivity index (χ3v) is 6.25. The van der Waals surface area contributed by atoms with Crippen LogP contribution in [0.1, 0.15) is 48.0 Å². The van der Waals surface area contributed by atoms with Gasteiger partial charge in [-0.1, -0.05) is 18.2 Å². The molecule has 0 spiro atoms. The van der Waals surface area contributed by atoms with Crippen molar-refractivity contribution >= 4 is 16.7 Å². The highest BCUT2D eigenvalue weighted by Gasteiger charge is 2.19. The number of aryl methyl sites for hydroxylation is 1. The molecule has 1 aliphatic heterocycles. The summed E-state index contributed by atoms with van der Waals surface area (Å²) >= 11 is 0. The normalized spacial score (nSPS) is 15.8. The first-order valence-corrected chi connectivity index (χ1v) is 10.7. The summed E-state index contributed by atoms with van der Waals surface area (Å²) in [6.45, 7) is 3.23. The number of H-pyrrole nitrogens is 1. The number of carbonyl (C=O) groups excluding carboxylic acids is 1. The van der Waals surface area contributed by atoms with Gasteiger partial charge in [0.1, 0.15) is 5.82 Å². The van der Waals surface area contributed by atoms with Crippen molar-refractivity contribution in [3.05, 3.63) is 71.7 Å². The molecule has 0 radical (unpaired) electrons. The van der Waals surface area contributed by atoms with Crippen LogP contribution >= 0.6 is 0 Å². The van der Waals surface area contributed by atoms with Gasteiger partial charge in [-0.05, 0) is 93.6 Å². The number of para-hydroxylation sites is 1. The van der Waals surface area contributed by atoms with E-state index in [2.05, 4.69) is 40.3 Å². The number of halogens is 1. The second-order valence-corrected chi connectivity index (χ2v) is 8.22. The van der Waals surface area contributed by atoms with Gasteiger partial charge in [0, 0.05) is 29.1 Å². The van der Waals surface area contributed by atoms with Crippen LogP contribution in [-0.4, -0.2) is 35.3 Å². The van der Waals surface area contributed by atoms with Crippen molar-refractivity contribution in [1.82, 2.24) is 9.88 Å². The Morgan fingerprint density at radius 1 is 1.07 bits per heavy atom. The number of ketones is 1.